The van der Waals surface area contributed by atoms with Crippen molar-refractivity contribution in [2.45, 2.75) is 73.1 Å². The third-order valence-electron chi connectivity index (χ3n) is 14.8. The molecule has 0 saturated carbocycles. The van der Waals surface area contributed by atoms with Crippen LogP contribution in [0, 0.1) is 39.2 Å². The molecule has 7 nitrogen and oxygen atoms in total. The van der Waals surface area contributed by atoms with Crippen molar-refractivity contribution < 1.29 is 30.4 Å². The number of ether oxygens (including phenoxy) is 1. The second-order valence-corrected chi connectivity index (χ2v) is 22.4. The summed E-state index contributed by atoms with van der Waals surface area (Å²) in [5.74, 6) is 2.88. The SMILES string of the molecule is Cc1cc(-n2c3[c-]c(Oc4[c-]c(-n5[c-][n+](-c6cc(C(C)(C)C)cc(C(C)(C)C)c6)c(-c6c(-c7ccccc7)cccc6-c6ccccc6)n5)nc(-c5c(C)cccc5C)c4)ccc3c3ccccc32)ncc1-c1ccccc1.[Pt]. The van der Waals surface area contributed by atoms with Gasteiger partial charge in [0.1, 0.15) is 5.82 Å². The van der Waals surface area contributed by atoms with Crippen LogP contribution in [-0.4, -0.2) is 24.3 Å². The fourth-order valence-electron chi connectivity index (χ4n) is 10.7. The predicted octanol–water partition coefficient (Wildman–Crippen LogP) is 17.1. The molecule has 12 rings (SSSR count). The molecule has 0 N–H and O–H groups in total. The summed E-state index contributed by atoms with van der Waals surface area (Å²) < 4.78 is 13.0. The third kappa shape index (κ3) is 10.2. The number of benzene rings is 8. The van der Waals surface area contributed by atoms with Crippen molar-refractivity contribution >= 4 is 21.8 Å². The number of aryl methyl sites for hydroxylation is 3. The van der Waals surface area contributed by atoms with Crippen LogP contribution in [0.3, 0.4) is 0 Å². The van der Waals surface area contributed by atoms with E-state index in [2.05, 4.69) is 266 Å². The van der Waals surface area contributed by atoms with Crippen molar-refractivity contribution in [2.24, 2.45) is 0 Å². The first-order valence-corrected chi connectivity index (χ1v) is 26.7. The molecule has 0 spiro atoms. The van der Waals surface area contributed by atoms with Gasteiger partial charge in [0.2, 0.25) is 12.2 Å². The Morgan fingerprint density at radius 3 is 1.67 bits per heavy atom. The van der Waals surface area contributed by atoms with Gasteiger partial charge in [-0.2, -0.15) is 16.8 Å². The maximum absolute atomic E-state index is 7.00. The molecule has 0 fully saturated rings. The van der Waals surface area contributed by atoms with E-state index in [1.54, 1.807) is 4.68 Å². The Kier molecular flexibility index (Phi) is 14.0. The molecule has 79 heavy (non-hydrogen) atoms. The summed E-state index contributed by atoms with van der Waals surface area (Å²) in [4.78, 5) is 10.5. The first-order valence-electron chi connectivity index (χ1n) is 26.7. The molecule has 392 valence electrons. The smallest absolute Gasteiger partial charge is 0.233 e. The average molecular weight is 1210 g/mol. The molecule has 0 aliphatic rings. The number of nitrogens with zero attached hydrogens (tertiary/aromatic N) is 6. The Morgan fingerprint density at radius 2 is 1.08 bits per heavy atom. The maximum atomic E-state index is 7.00. The van der Waals surface area contributed by atoms with Crippen LogP contribution in [0.1, 0.15) is 69.4 Å². The number of hydrogen-bond donors (Lipinski definition) is 0. The standard InChI is InChI=1S/C71H60N6O.Pt/c1-46-23-21-24-47(2)67(46)62-41-56(78-55-35-36-60-59-31-19-20-34-63(59)77(64(60)42-55)65-37-48(3)61(44-72-65)51-29-17-12-18-30-51)43-66(73-62)76-45-75(54-39-52(70(4,5)6)38-53(40-54)71(7,8)9)69(74-76)68-57(49-25-13-10-14-26-49)32-22-33-58(68)50-27-15-11-16-28-50;/h10-41,44H,1-9H3;/q-2;. The Bertz CT molecular complexity index is 4110. The molecule has 12 aromatic rings. The second-order valence-electron chi connectivity index (χ2n) is 22.4. The largest absolute Gasteiger partial charge is 0.522 e. The van der Waals surface area contributed by atoms with E-state index in [1.165, 1.54) is 11.1 Å². The van der Waals surface area contributed by atoms with E-state index in [4.69, 9.17) is 19.8 Å². The van der Waals surface area contributed by atoms with Gasteiger partial charge < -0.3 is 13.9 Å². The fraction of sp³-hybridized carbons (Fsp3) is 0.155. The maximum Gasteiger partial charge on any atom is 0.233 e. The van der Waals surface area contributed by atoms with E-state index in [0.717, 1.165) is 100 Å². The average Bonchev–Trinajstić information content (AvgIpc) is 4.23. The van der Waals surface area contributed by atoms with E-state index in [0.29, 0.717) is 23.1 Å². The topological polar surface area (TPSA) is 61.6 Å². The van der Waals surface area contributed by atoms with Crippen LogP contribution in [-0.2, 0) is 31.9 Å². The predicted molar refractivity (Wildman–Crippen MR) is 317 cm³/mol. The first-order chi connectivity index (χ1) is 37.7. The quantitative estimate of drug-likeness (QED) is 0.101. The van der Waals surface area contributed by atoms with Crippen LogP contribution in [0.15, 0.2) is 200 Å². The van der Waals surface area contributed by atoms with E-state index in [-0.39, 0.29) is 31.9 Å². The van der Waals surface area contributed by atoms with Crippen molar-refractivity contribution in [2.75, 3.05) is 0 Å². The minimum absolute atomic E-state index is 0. The molecule has 0 atom stereocenters. The van der Waals surface area contributed by atoms with Crippen LogP contribution in [0.5, 0.6) is 11.5 Å². The fourth-order valence-corrected chi connectivity index (χ4v) is 10.7. The van der Waals surface area contributed by atoms with Crippen LogP contribution in [0.25, 0.3) is 95.2 Å². The Labute approximate surface area is 478 Å². The van der Waals surface area contributed by atoms with Crippen molar-refractivity contribution in [1.82, 2.24) is 24.3 Å². The minimum Gasteiger partial charge on any atom is -0.522 e. The van der Waals surface area contributed by atoms with Crippen molar-refractivity contribution in [3.05, 3.63) is 247 Å². The monoisotopic (exact) mass is 1210 g/mol. The van der Waals surface area contributed by atoms with Crippen LogP contribution >= 0.6 is 0 Å². The van der Waals surface area contributed by atoms with Crippen molar-refractivity contribution in [3.63, 3.8) is 0 Å². The van der Waals surface area contributed by atoms with E-state index in [1.807, 2.05) is 24.4 Å². The number of hydrogen-bond acceptors (Lipinski definition) is 4. The zero-order valence-electron chi connectivity index (χ0n) is 46.0. The van der Waals surface area contributed by atoms with Crippen LogP contribution < -0.4 is 9.30 Å². The van der Waals surface area contributed by atoms with Crippen LogP contribution in [0.4, 0.5) is 0 Å². The summed E-state index contributed by atoms with van der Waals surface area (Å²) >= 11 is 0. The summed E-state index contributed by atoms with van der Waals surface area (Å²) in [5.41, 5.74) is 17.4. The molecule has 4 aromatic heterocycles. The molecule has 0 unspecified atom stereocenters. The van der Waals surface area contributed by atoms with Gasteiger partial charge >= 0.3 is 0 Å². The Morgan fingerprint density at radius 1 is 0.506 bits per heavy atom. The van der Waals surface area contributed by atoms with Gasteiger partial charge in [-0.25, -0.2) is 4.98 Å². The van der Waals surface area contributed by atoms with Crippen molar-refractivity contribution in [1.29, 1.82) is 0 Å². The minimum atomic E-state index is -0.151. The molecule has 0 bridgehead atoms. The third-order valence-corrected chi connectivity index (χ3v) is 14.8. The molecule has 8 aromatic carbocycles. The van der Waals surface area contributed by atoms with Crippen molar-refractivity contribution in [3.8, 4) is 84.8 Å². The van der Waals surface area contributed by atoms with E-state index in [9.17, 15) is 0 Å². The summed E-state index contributed by atoms with van der Waals surface area (Å²) in [5, 5.41) is 7.75. The zero-order chi connectivity index (χ0) is 53.9. The van der Waals surface area contributed by atoms with Gasteiger partial charge in [-0.1, -0.05) is 211 Å². The molecule has 8 heteroatoms. The van der Waals surface area contributed by atoms with Gasteiger partial charge in [-0.15, -0.1) is 23.6 Å². The van der Waals surface area contributed by atoms with Gasteiger partial charge in [0.05, 0.1) is 5.82 Å². The molecular weight excluding hydrogens is 1150 g/mol. The number of rotatable bonds is 10. The number of pyridine rings is 2. The number of aromatic nitrogens is 6. The Hall–Kier alpha value is -8.51. The van der Waals surface area contributed by atoms with E-state index < -0.39 is 0 Å². The van der Waals surface area contributed by atoms with Gasteiger partial charge in [-0.3, -0.25) is 4.98 Å². The normalized spacial score (nSPS) is 11.8. The molecule has 0 aliphatic heterocycles. The summed E-state index contributed by atoms with van der Waals surface area (Å²) in [6, 6.07) is 75.2. The van der Waals surface area contributed by atoms with Gasteiger partial charge in [-0.05, 0) is 127 Å². The van der Waals surface area contributed by atoms with Gasteiger partial charge in [0.25, 0.3) is 0 Å². The molecular formula is C71H60N6OPt-2. The van der Waals surface area contributed by atoms with Crippen LogP contribution in [0.2, 0.25) is 0 Å². The van der Waals surface area contributed by atoms with Gasteiger partial charge in [0.15, 0.2) is 0 Å². The number of para-hydroxylation sites is 1. The Balaban J connectivity index is 0.00000660. The zero-order valence-corrected chi connectivity index (χ0v) is 48.2. The summed E-state index contributed by atoms with van der Waals surface area (Å²) in [7, 11) is 0. The molecule has 4 heterocycles. The molecule has 0 radical (unpaired) electrons. The second kappa shape index (κ2) is 21.0. The first kappa shape index (κ1) is 52.5. The molecule has 0 saturated heterocycles. The summed E-state index contributed by atoms with van der Waals surface area (Å²) in [6.45, 7) is 20.0. The molecule has 0 amide bonds. The van der Waals surface area contributed by atoms with E-state index >= 15 is 0 Å². The number of fused-ring (bicyclic) bond motifs is 3. The summed E-state index contributed by atoms with van der Waals surface area (Å²) in [6.07, 6.45) is 5.74. The molecule has 0 aliphatic carbocycles. The van der Waals surface area contributed by atoms with Gasteiger partial charge in [0, 0.05) is 55.3 Å².